The molecular formula is C14H12FNO3. The van der Waals surface area contributed by atoms with Gasteiger partial charge in [0.1, 0.15) is 5.75 Å². The molecule has 2 amide bonds. The third-order valence-corrected chi connectivity index (χ3v) is 3.68. The summed E-state index contributed by atoms with van der Waals surface area (Å²) in [6, 6.07) is 3.42. The van der Waals surface area contributed by atoms with Gasteiger partial charge in [-0.2, -0.15) is 0 Å². The third-order valence-electron chi connectivity index (χ3n) is 3.68. The Morgan fingerprint density at radius 2 is 1.68 bits per heavy atom. The Hall–Kier alpha value is -2.17. The number of allylic oxidation sites excluding steroid dienone is 2. The minimum absolute atomic E-state index is 0.0813. The third kappa shape index (κ3) is 1.73. The lowest BCUT2D eigenvalue weighted by Gasteiger charge is -2.15. The highest BCUT2D eigenvalue weighted by atomic mass is 19.1. The maximum Gasteiger partial charge on any atom is 0.238 e. The highest BCUT2D eigenvalue weighted by Crippen LogP contribution is 2.38. The van der Waals surface area contributed by atoms with Crippen LogP contribution in [-0.4, -0.2) is 16.9 Å². The molecule has 1 aliphatic carbocycles. The Bertz CT molecular complexity index is 570. The Labute approximate surface area is 109 Å². The minimum atomic E-state index is -0.770. The standard InChI is InChI=1S/C14H12FNO3/c15-11-7-8(17)5-6-12(11)16-13(18)9-3-1-2-4-10(9)14(16)19/h1-2,5-7,9-10,17H,3-4H2/t9-,10+. The predicted octanol–water partition coefficient (Wildman–Crippen LogP) is 1.99. The van der Waals surface area contributed by atoms with E-state index in [0.29, 0.717) is 12.8 Å². The van der Waals surface area contributed by atoms with Crippen molar-refractivity contribution in [3.8, 4) is 5.75 Å². The molecule has 1 aliphatic heterocycles. The van der Waals surface area contributed by atoms with Gasteiger partial charge in [0, 0.05) is 6.07 Å². The first-order valence-electron chi connectivity index (χ1n) is 6.11. The molecule has 0 spiro atoms. The van der Waals surface area contributed by atoms with Crippen molar-refractivity contribution in [1.29, 1.82) is 0 Å². The van der Waals surface area contributed by atoms with Gasteiger partial charge in [0.2, 0.25) is 11.8 Å². The molecule has 1 N–H and O–H groups in total. The van der Waals surface area contributed by atoms with Crippen molar-refractivity contribution in [3.63, 3.8) is 0 Å². The summed E-state index contributed by atoms with van der Waals surface area (Å²) in [5.41, 5.74) is -0.0813. The number of phenolic OH excluding ortho intramolecular Hbond substituents is 1. The van der Waals surface area contributed by atoms with E-state index in [9.17, 15) is 19.1 Å². The number of anilines is 1. The molecule has 5 heteroatoms. The van der Waals surface area contributed by atoms with Crippen molar-refractivity contribution in [2.45, 2.75) is 12.8 Å². The van der Waals surface area contributed by atoms with Gasteiger partial charge in [-0.05, 0) is 25.0 Å². The van der Waals surface area contributed by atoms with Crippen molar-refractivity contribution in [3.05, 3.63) is 36.2 Å². The normalized spacial score (nSPS) is 25.8. The van der Waals surface area contributed by atoms with Crippen LogP contribution in [0.25, 0.3) is 0 Å². The average Bonchev–Trinajstić information content (AvgIpc) is 2.64. The summed E-state index contributed by atoms with van der Waals surface area (Å²) in [6.07, 6.45) is 4.79. The first kappa shape index (κ1) is 11.9. The molecule has 0 bridgehead atoms. The van der Waals surface area contributed by atoms with Gasteiger partial charge in [-0.1, -0.05) is 12.2 Å². The zero-order valence-electron chi connectivity index (χ0n) is 10.0. The second-order valence-electron chi connectivity index (χ2n) is 4.80. The van der Waals surface area contributed by atoms with Crippen LogP contribution < -0.4 is 4.90 Å². The van der Waals surface area contributed by atoms with E-state index in [1.54, 1.807) is 0 Å². The average molecular weight is 261 g/mol. The second kappa shape index (κ2) is 4.19. The van der Waals surface area contributed by atoms with Crippen LogP contribution >= 0.6 is 0 Å². The Morgan fingerprint density at radius 3 is 2.21 bits per heavy atom. The number of halogens is 1. The topological polar surface area (TPSA) is 57.6 Å². The lowest BCUT2D eigenvalue weighted by molar-refractivity contribution is -0.122. The van der Waals surface area contributed by atoms with E-state index in [0.717, 1.165) is 11.0 Å². The molecule has 0 radical (unpaired) electrons. The largest absolute Gasteiger partial charge is 0.508 e. The monoisotopic (exact) mass is 261 g/mol. The number of aromatic hydroxyl groups is 1. The first-order valence-corrected chi connectivity index (χ1v) is 6.11. The molecule has 0 unspecified atom stereocenters. The predicted molar refractivity (Wildman–Crippen MR) is 65.9 cm³/mol. The number of hydrogen-bond acceptors (Lipinski definition) is 3. The molecule has 0 aromatic heterocycles. The highest BCUT2D eigenvalue weighted by Gasteiger charge is 2.48. The van der Waals surface area contributed by atoms with Crippen LogP contribution in [0.1, 0.15) is 12.8 Å². The summed E-state index contributed by atoms with van der Waals surface area (Å²) in [5, 5.41) is 9.18. The van der Waals surface area contributed by atoms with Crippen LogP contribution in [0.15, 0.2) is 30.4 Å². The van der Waals surface area contributed by atoms with Crippen LogP contribution in [0, 0.1) is 17.7 Å². The second-order valence-corrected chi connectivity index (χ2v) is 4.80. The van der Waals surface area contributed by atoms with E-state index in [1.165, 1.54) is 12.1 Å². The van der Waals surface area contributed by atoms with Gasteiger partial charge in [0.15, 0.2) is 5.82 Å². The molecule has 2 atom stereocenters. The van der Waals surface area contributed by atoms with Crippen molar-refractivity contribution < 1.29 is 19.1 Å². The molecule has 1 saturated heterocycles. The van der Waals surface area contributed by atoms with E-state index in [-0.39, 0.29) is 35.1 Å². The van der Waals surface area contributed by atoms with E-state index in [1.807, 2.05) is 12.2 Å². The Morgan fingerprint density at radius 1 is 1.11 bits per heavy atom. The van der Waals surface area contributed by atoms with Gasteiger partial charge >= 0.3 is 0 Å². The molecule has 3 rings (SSSR count). The number of rotatable bonds is 1. The van der Waals surface area contributed by atoms with Gasteiger partial charge in [-0.25, -0.2) is 9.29 Å². The molecule has 4 nitrogen and oxygen atoms in total. The van der Waals surface area contributed by atoms with Crippen molar-refractivity contribution in [1.82, 2.24) is 0 Å². The fourth-order valence-corrected chi connectivity index (χ4v) is 2.71. The van der Waals surface area contributed by atoms with E-state index >= 15 is 0 Å². The summed E-state index contributed by atoms with van der Waals surface area (Å²) in [7, 11) is 0. The van der Waals surface area contributed by atoms with Gasteiger partial charge in [-0.15, -0.1) is 0 Å². The number of fused-ring (bicyclic) bond motifs is 1. The highest BCUT2D eigenvalue weighted by molar-refractivity contribution is 6.22. The zero-order valence-corrected chi connectivity index (χ0v) is 10.0. The minimum Gasteiger partial charge on any atom is -0.508 e. The fourth-order valence-electron chi connectivity index (χ4n) is 2.71. The maximum atomic E-state index is 13.8. The molecule has 1 aromatic carbocycles. The number of carbonyl (C=O) groups excluding carboxylic acids is 2. The number of amides is 2. The summed E-state index contributed by atoms with van der Waals surface area (Å²) in [5.74, 6) is -2.49. The SMILES string of the molecule is O=C1[C@H]2CC=CC[C@H]2C(=O)N1c1ccc(O)cc1F. The molecule has 19 heavy (non-hydrogen) atoms. The fraction of sp³-hybridized carbons (Fsp3) is 0.286. The molecule has 1 heterocycles. The van der Waals surface area contributed by atoms with Crippen LogP contribution in [0.2, 0.25) is 0 Å². The number of phenols is 1. The molecule has 1 fully saturated rings. The molecule has 98 valence electrons. The number of carbonyl (C=O) groups is 2. The van der Waals surface area contributed by atoms with Gasteiger partial charge in [-0.3, -0.25) is 9.59 Å². The van der Waals surface area contributed by atoms with Crippen LogP contribution in [0.5, 0.6) is 5.75 Å². The Balaban J connectivity index is 2.02. The van der Waals surface area contributed by atoms with Crippen LogP contribution in [-0.2, 0) is 9.59 Å². The summed E-state index contributed by atoms with van der Waals surface area (Å²) in [6.45, 7) is 0. The lowest BCUT2D eigenvalue weighted by atomic mass is 9.85. The summed E-state index contributed by atoms with van der Waals surface area (Å²) < 4.78 is 13.8. The summed E-state index contributed by atoms with van der Waals surface area (Å²) in [4.78, 5) is 25.4. The molecule has 2 aliphatic rings. The van der Waals surface area contributed by atoms with E-state index in [2.05, 4.69) is 0 Å². The van der Waals surface area contributed by atoms with Crippen molar-refractivity contribution in [2.24, 2.45) is 11.8 Å². The number of hydrogen-bond donors (Lipinski definition) is 1. The summed E-state index contributed by atoms with van der Waals surface area (Å²) >= 11 is 0. The number of nitrogens with zero attached hydrogens (tertiary/aromatic N) is 1. The van der Waals surface area contributed by atoms with Gasteiger partial charge in [0.05, 0.1) is 17.5 Å². The Kier molecular flexibility index (Phi) is 2.62. The smallest absolute Gasteiger partial charge is 0.238 e. The van der Waals surface area contributed by atoms with Crippen molar-refractivity contribution in [2.75, 3.05) is 4.90 Å². The number of imide groups is 1. The first-order chi connectivity index (χ1) is 9.09. The quantitative estimate of drug-likeness (QED) is 0.621. The van der Waals surface area contributed by atoms with Gasteiger partial charge < -0.3 is 5.11 Å². The molecular weight excluding hydrogens is 249 g/mol. The van der Waals surface area contributed by atoms with E-state index in [4.69, 9.17) is 0 Å². The number of benzene rings is 1. The maximum absolute atomic E-state index is 13.8. The van der Waals surface area contributed by atoms with Crippen molar-refractivity contribution >= 4 is 17.5 Å². The van der Waals surface area contributed by atoms with Crippen LogP contribution in [0.4, 0.5) is 10.1 Å². The van der Waals surface area contributed by atoms with Gasteiger partial charge in [0.25, 0.3) is 0 Å². The lowest BCUT2D eigenvalue weighted by Crippen LogP contribution is -2.31. The van der Waals surface area contributed by atoms with Crippen LogP contribution in [0.3, 0.4) is 0 Å². The molecule has 1 aromatic rings. The molecule has 0 saturated carbocycles. The van der Waals surface area contributed by atoms with E-state index < -0.39 is 5.82 Å². The zero-order chi connectivity index (χ0) is 13.6.